The first-order valence-corrected chi connectivity index (χ1v) is 7.47. The number of aryl methyl sites for hydroxylation is 1. The Balaban J connectivity index is 2.62. The van der Waals surface area contributed by atoms with Crippen LogP contribution in [0.3, 0.4) is 0 Å². The summed E-state index contributed by atoms with van der Waals surface area (Å²) in [5.41, 5.74) is 1.51. The van der Waals surface area contributed by atoms with Gasteiger partial charge in [0.15, 0.2) is 0 Å². The average Bonchev–Trinajstić information content (AvgIpc) is 2.14. The van der Waals surface area contributed by atoms with Crippen molar-refractivity contribution in [2.45, 2.75) is 38.4 Å². The quantitative estimate of drug-likeness (QED) is 0.588. The molecule has 0 aliphatic rings. The average molecular weight is 369 g/mol. The molecule has 0 amide bonds. The van der Waals surface area contributed by atoms with E-state index in [9.17, 15) is 0 Å². The standard InChI is InChI=1S/C13H17Br2Cl/c1-13(2,3)12(15)7-5-9-4-6-10(14)8-11(9)16/h4,6,8,12H,5,7H2,1-3H3. The highest BCUT2D eigenvalue weighted by Crippen LogP contribution is 2.31. The van der Waals surface area contributed by atoms with Crippen LogP contribution < -0.4 is 0 Å². The van der Waals surface area contributed by atoms with Gasteiger partial charge in [0.05, 0.1) is 0 Å². The highest BCUT2D eigenvalue weighted by atomic mass is 79.9. The SMILES string of the molecule is CC(C)(C)C(Br)CCc1ccc(Br)cc1Cl. The van der Waals surface area contributed by atoms with Crippen molar-refractivity contribution in [3.05, 3.63) is 33.3 Å². The van der Waals surface area contributed by atoms with Crippen LogP contribution in [0.4, 0.5) is 0 Å². The van der Waals surface area contributed by atoms with Crippen LogP contribution in [0.15, 0.2) is 22.7 Å². The maximum absolute atomic E-state index is 6.18. The van der Waals surface area contributed by atoms with Crippen molar-refractivity contribution in [2.24, 2.45) is 5.41 Å². The molecule has 0 spiro atoms. The first-order chi connectivity index (χ1) is 7.30. The van der Waals surface area contributed by atoms with Crippen molar-refractivity contribution in [1.82, 2.24) is 0 Å². The Labute approximate surface area is 120 Å². The molecule has 1 aromatic rings. The summed E-state index contributed by atoms with van der Waals surface area (Å²) in [6.45, 7) is 6.74. The Hall–Kier alpha value is 0.470. The third-order valence-electron chi connectivity index (χ3n) is 2.62. The van der Waals surface area contributed by atoms with Gasteiger partial charge >= 0.3 is 0 Å². The second kappa shape index (κ2) is 5.88. The lowest BCUT2D eigenvalue weighted by Crippen LogP contribution is -2.20. The van der Waals surface area contributed by atoms with E-state index in [-0.39, 0.29) is 0 Å². The minimum absolute atomic E-state index is 0.293. The lowest BCUT2D eigenvalue weighted by atomic mass is 9.89. The van der Waals surface area contributed by atoms with Gasteiger partial charge in [-0.15, -0.1) is 0 Å². The Morgan fingerprint density at radius 3 is 2.44 bits per heavy atom. The van der Waals surface area contributed by atoms with Gasteiger partial charge < -0.3 is 0 Å². The van der Waals surface area contributed by atoms with E-state index in [4.69, 9.17) is 11.6 Å². The van der Waals surface area contributed by atoms with Crippen molar-refractivity contribution in [3.63, 3.8) is 0 Å². The lowest BCUT2D eigenvalue weighted by molar-refractivity contribution is 0.386. The first kappa shape index (κ1) is 14.5. The molecule has 3 heteroatoms. The Morgan fingerprint density at radius 2 is 1.94 bits per heavy atom. The van der Waals surface area contributed by atoms with E-state index in [1.54, 1.807) is 0 Å². The Bertz CT molecular complexity index is 355. The van der Waals surface area contributed by atoms with Crippen LogP contribution in [-0.4, -0.2) is 4.83 Å². The van der Waals surface area contributed by atoms with Crippen LogP contribution in [0.5, 0.6) is 0 Å². The van der Waals surface area contributed by atoms with E-state index >= 15 is 0 Å². The number of hydrogen-bond acceptors (Lipinski definition) is 0. The van der Waals surface area contributed by atoms with Crippen LogP contribution in [0.1, 0.15) is 32.8 Å². The minimum atomic E-state index is 0.293. The number of hydrogen-bond donors (Lipinski definition) is 0. The summed E-state index contributed by atoms with van der Waals surface area (Å²) in [5.74, 6) is 0. The first-order valence-electron chi connectivity index (χ1n) is 5.38. The number of halogens is 3. The van der Waals surface area contributed by atoms with Crippen LogP contribution in [0, 0.1) is 5.41 Å². The summed E-state index contributed by atoms with van der Waals surface area (Å²) in [6, 6.07) is 6.09. The molecule has 1 rings (SSSR count). The number of benzene rings is 1. The molecule has 1 atom stereocenters. The highest BCUT2D eigenvalue weighted by Gasteiger charge is 2.21. The van der Waals surface area contributed by atoms with Crippen LogP contribution >= 0.6 is 43.5 Å². The summed E-state index contributed by atoms with van der Waals surface area (Å²) in [5, 5.41) is 0.850. The Kier molecular flexibility index (Phi) is 5.34. The summed E-state index contributed by atoms with van der Waals surface area (Å²) in [6.07, 6.45) is 2.12. The van der Waals surface area contributed by atoms with Gasteiger partial charge in [-0.1, -0.05) is 70.3 Å². The molecule has 90 valence electrons. The van der Waals surface area contributed by atoms with Gasteiger partial charge in [-0.2, -0.15) is 0 Å². The van der Waals surface area contributed by atoms with E-state index < -0.39 is 0 Å². The second-order valence-electron chi connectivity index (χ2n) is 5.11. The predicted molar refractivity (Wildman–Crippen MR) is 79.6 cm³/mol. The maximum Gasteiger partial charge on any atom is 0.0449 e. The molecule has 0 nitrogen and oxygen atoms in total. The fourth-order valence-corrected chi connectivity index (χ4v) is 2.44. The monoisotopic (exact) mass is 366 g/mol. The molecule has 1 unspecified atom stereocenters. The van der Waals surface area contributed by atoms with E-state index in [0.717, 1.165) is 22.3 Å². The fourth-order valence-electron chi connectivity index (χ4n) is 1.44. The van der Waals surface area contributed by atoms with Crippen molar-refractivity contribution in [2.75, 3.05) is 0 Å². The second-order valence-corrected chi connectivity index (χ2v) is 7.54. The van der Waals surface area contributed by atoms with Crippen molar-refractivity contribution < 1.29 is 0 Å². The van der Waals surface area contributed by atoms with Crippen molar-refractivity contribution in [3.8, 4) is 0 Å². The normalized spacial score (nSPS) is 13.9. The predicted octanol–water partition coefficient (Wildman–Crippen LogP) is 5.84. The van der Waals surface area contributed by atoms with Gasteiger partial charge in [0, 0.05) is 14.3 Å². The van der Waals surface area contributed by atoms with Crippen LogP contribution in [-0.2, 0) is 6.42 Å². The summed E-state index contributed by atoms with van der Waals surface area (Å²) >= 11 is 13.3. The molecular formula is C13H17Br2Cl. The molecular weight excluding hydrogens is 351 g/mol. The molecule has 0 radical (unpaired) electrons. The zero-order valence-electron chi connectivity index (χ0n) is 9.86. The van der Waals surface area contributed by atoms with Gasteiger partial charge in [0.2, 0.25) is 0 Å². The van der Waals surface area contributed by atoms with Crippen LogP contribution in [0.25, 0.3) is 0 Å². The van der Waals surface area contributed by atoms with E-state index in [0.29, 0.717) is 10.2 Å². The Morgan fingerprint density at radius 1 is 1.31 bits per heavy atom. The molecule has 0 saturated heterocycles. The van der Waals surface area contributed by atoms with E-state index in [1.807, 2.05) is 12.1 Å². The van der Waals surface area contributed by atoms with Crippen LogP contribution in [0.2, 0.25) is 5.02 Å². The molecule has 0 heterocycles. The number of alkyl halides is 1. The molecule has 0 fully saturated rings. The van der Waals surface area contributed by atoms with E-state index in [1.165, 1.54) is 5.56 Å². The zero-order valence-corrected chi connectivity index (χ0v) is 13.8. The van der Waals surface area contributed by atoms with Gasteiger partial charge in [0.25, 0.3) is 0 Å². The van der Waals surface area contributed by atoms with Crippen molar-refractivity contribution >= 4 is 43.5 Å². The molecule has 0 aliphatic heterocycles. The lowest BCUT2D eigenvalue weighted by Gasteiger charge is -2.25. The maximum atomic E-state index is 6.18. The molecule has 16 heavy (non-hydrogen) atoms. The topological polar surface area (TPSA) is 0 Å². The molecule has 1 aromatic carbocycles. The molecule has 0 aliphatic carbocycles. The largest absolute Gasteiger partial charge is 0.0885 e. The van der Waals surface area contributed by atoms with Gasteiger partial charge in [-0.25, -0.2) is 0 Å². The van der Waals surface area contributed by atoms with E-state index in [2.05, 4.69) is 58.7 Å². The molecule has 0 aromatic heterocycles. The summed E-state index contributed by atoms with van der Waals surface area (Å²) in [4.78, 5) is 0.514. The fraction of sp³-hybridized carbons (Fsp3) is 0.538. The van der Waals surface area contributed by atoms with Crippen molar-refractivity contribution in [1.29, 1.82) is 0 Å². The van der Waals surface area contributed by atoms with Gasteiger partial charge in [-0.3, -0.25) is 0 Å². The highest BCUT2D eigenvalue weighted by molar-refractivity contribution is 9.10. The number of rotatable bonds is 3. The summed E-state index contributed by atoms with van der Waals surface area (Å²) < 4.78 is 1.03. The zero-order chi connectivity index (χ0) is 12.3. The third kappa shape index (κ3) is 4.38. The van der Waals surface area contributed by atoms with Gasteiger partial charge in [0.1, 0.15) is 0 Å². The minimum Gasteiger partial charge on any atom is -0.0885 e. The van der Waals surface area contributed by atoms with Gasteiger partial charge in [-0.05, 0) is 36.0 Å². The summed E-state index contributed by atoms with van der Waals surface area (Å²) in [7, 11) is 0. The smallest absolute Gasteiger partial charge is 0.0449 e. The molecule has 0 bridgehead atoms. The molecule has 0 N–H and O–H groups in total. The third-order valence-corrected chi connectivity index (χ3v) is 5.30. The molecule has 0 saturated carbocycles.